The van der Waals surface area contributed by atoms with Gasteiger partial charge in [0.05, 0.1) is 0 Å². The molecule has 0 nitrogen and oxygen atoms in total. The molecule has 1 aliphatic rings. The Morgan fingerprint density at radius 2 is 1.92 bits per heavy atom. The first-order valence-electron chi connectivity index (χ1n) is 5.10. The maximum atomic E-state index is 2.47. The maximum absolute atomic E-state index is 2.47. The fourth-order valence-electron chi connectivity index (χ4n) is 2.77. The Morgan fingerprint density at radius 3 is 2.25 bits per heavy atom. The Hall–Kier alpha value is -0.260. The number of allylic oxidation sites excluding steroid dienone is 2. The van der Waals surface area contributed by atoms with E-state index in [9.17, 15) is 0 Å². The molecule has 1 fully saturated rings. The van der Waals surface area contributed by atoms with Crippen LogP contribution >= 0.6 is 0 Å². The first-order chi connectivity index (χ1) is 5.44. The zero-order valence-corrected chi connectivity index (χ0v) is 9.15. The lowest BCUT2D eigenvalue weighted by molar-refractivity contribution is 0.327. The average molecular weight is 166 g/mol. The molecule has 0 radical (unpaired) electrons. The van der Waals surface area contributed by atoms with E-state index in [1.165, 1.54) is 18.4 Å². The topological polar surface area (TPSA) is 0 Å². The van der Waals surface area contributed by atoms with Crippen molar-refractivity contribution in [2.24, 2.45) is 17.3 Å². The van der Waals surface area contributed by atoms with E-state index in [4.69, 9.17) is 0 Å². The normalized spacial score (nSPS) is 41.4. The second-order valence-corrected chi connectivity index (χ2v) is 5.17. The summed E-state index contributed by atoms with van der Waals surface area (Å²) in [4.78, 5) is 0. The largest absolute Gasteiger partial charge is 0.0799 e. The van der Waals surface area contributed by atoms with Gasteiger partial charge in [-0.1, -0.05) is 32.4 Å². The van der Waals surface area contributed by atoms with Crippen LogP contribution in [-0.2, 0) is 0 Å². The molecule has 0 heterocycles. The minimum absolute atomic E-state index is 0.484. The molecule has 0 aliphatic heterocycles. The molecule has 3 atom stereocenters. The fourth-order valence-corrected chi connectivity index (χ4v) is 2.77. The third-order valence-corrected chi connectivity index (χ3v) is 3.29. The third-order valence-electron chi connectivity index (χ3n) is 3.29. The van der Waals surface area contributed by atoms with Crippen molar-refractivity contribution in [1.29, 1.82) is 0 Å². The molecule has 0 N–H and O–H groups in total. The molecular weight excluding hydrogens is 144 g/mol. The van der Waals surface area contributed by atoms with Crippen LogP contribution in [0.25, 0.3) is 0 Å². The summed E-state index contributed by atoms with van der Waals surface area (Å²) in [6.45, 7) is 11.6. The van der Waals surface area contributed by atoms with Crippen LogP contribution in [0.1, 0.15) is 47.5 Å². The van der Waals surface area contributed by atoms with Gasteiger partial charge < -0.3 is 0 Å². The Labute approximate surface area is 77.1 Å². The summed E-state index contributed by atoms with van der Waals surface area (Å²) in [7, 11) is 0. The van der Waals surface area contributed by atoms with Crippen molar-refractivity contribution in [1.82, 2.24) is 0 Å². The van der Waals surface area contributed by atoms with Crippen LogP contribution in [0.15, 0.2) is 11.6 Å². The van der Waals surface area contributed by atoms with E-state index in [0.29, 0.717) is 5.41 Å². The van der Waals surface area contributed by atoms with Gasteiger partial charge in [-0.25, -0.2) is 0 Å². The molecule has 0 heteroatoms. The van der Waals surface area contributed by atoms with Crippen LogP contribution in [0, 0.1) is 17.3 Å². The summed E-state index contributed by atoms with van der Waals surface area (Å²) in [5.41, 5.74) is 1.96. The molecule has 0 aromatic rings. The molecule has 3 unspecified atom stereocenters. The molecule has 1 aliphatic carbocycles. The number of rotatable bonds is 1. The Bertz CT molecular complexity index is 186. The van der Waals surface area contributed by atoms with Crippen molar-refractivity contribution in [2.75, 3.05) is 0 Å². The second-order valence-electron chi connectivity index (χ2n) is 5.17. The Kier molecular flexibility index (Phi) is 2.65. The van der Waals surface area contributed by atoms with Gasteiger partial charge in [-0.15, -0.1) is 0 Å². The molecule has 1 saturated carbocycles. The predicted molar refractivity (Wildman–Crippen MR) is 55.1 cm³/mol. The van der Waals surface area contributed by atoms with Gasteiger partial charge in [0, 0.05) is 0 Å². The summed E-state index contributed by atoms with van der Waals surface area (Å²) in [5, 5.41) is 0. The highest BCUT2D eigenvalue weighted by Crippen LogP contribution is 2.47. The molecule has 70 valence electrons. The van der Waals surface area contributed by atoms with Crippen molar-refractivity contribution in [3.8, 4) is 0 Å². The molecule has 0 saturated heterocycles. The van der Waals surface area contributed by atoms with Crippen molar-refractivity contribution in [2.45, 2.75) is 47.5 Å². The van der Waals surface area contributed by atoms with Gasteiger partial charge in [0.25, 0.3) is 0 Å². The lowest BCUT2D eigenvalue weighted by Gasteiger charge is -2.25. The summed E-state index contributed by atoms with van der Waals surface area (Å²) in [5.74, 6) is 1.78. The van der Waals surface area contributed by atoms with Gasteiger partial charge in [-0.2, -0.15) is 0 Å². The predicted octanol–water partition coefficient (Wildman–Crippen LogP) is 4.02. The Balaban J connectivity index is 2.78. The molecule has 0 bridgehead atoms. The number of hydrogen-bond acceptors (Lipinski definition) is 0. The lowest BCUT2D eigenvalue weighted by atomic mass is 9.79. The smallest absolute Gasteiger partial charge is 0.0116 e. The summed E-state index contributed by atoms with van der Waals surface area (Å²) >= 11 is 0. The van der Waals surface area contributed by atoms with Crippen LogP contribution in [0.2, 0.25) is 0 Å². The van der Waals surface area contributed by atoms with Gasteiger partial charge in [0.2, 0.25) is 0 Å². The van der Waals surface area contributed by atoms with Crippen LogP contribution in [0.4, 0.5) is 0 Å². The molecule has 0 aromatic heterocycles. The molecule has 12 heavy (non-hydrogen) atoms. The van der Waals surface area contributed by atoms with E-state index in [1.54, 1.807) is 0 Å². The summed E-state index contributed by atoms with van der Waals surface area (Å²) in [6, 6.07) is 0. The van der Waals surface area contributed by atoms with E-state index >= 15 is 0 Å². The maximum Gasteiger partial charge on any atom is -0.0116 e. The Morgan fingerprint density at radius 1 is 1.33 bits per heavy atom. The highest BCUT2D eigenvalue weighted by Gasteiger charge is 2.37. The zero-order valence-electron chi connectivity index (χ0n) is 9.15. The minimum atomic E-state index is 0.484. The minimum Gasteiger partial charge on any atom is -0.0799 e. The SMILES string of the molecule is CC(C)=CC1(C)CC(C)CC1C. The van der Waals surface area contributed by atoms with Crippen molar-refractivity contribution in [3.05, 3.63) is 11.6 Å². The van der Waals surface area contributed by atoms with Gasteiger partial charge in [0.1, 0.15) is 0 Å². The van der Waals surface area contributed by atoms with E-state index in [1.807, 2.05) is 0 Å². The molecular formula is C12H22. The van der Waals surface area contributed by atoms with Crippen LogP contribution in [-0.4, -0.2) is 0 Å². The van der Waals surface area contributed by atoms with Crippen molar-refractivity contribution >= 4 is 0 Å². The van der Waals surface area contributed by atoms with Crippen molar-refractivity contribution < 1.29 is 0 Å². The molecule has 0 spiro atoms. The van der Waals surface area contributed by atoms with Crippen molar-refractivity contribution in [3.63, 3.8) is 0 Å². The first-order valence-corrected chi connectivity index (χ1v) is 5.10. The molecule has 1 rings (SSSR count). The first kappa shape index (κ1) is 9.83. The monoisotopic (exact) mass is 166 g/mol. The van der Waals surface area contributed by atoms with Gasteiger partial charge in [0.15, 0.2) is 0 Å². The van der Waals surface area contributed by atoms with Crippen LogP contribution < -0.4 is 0 Å². The third kappa shape index (κ3) is 1.91. The summed E-state index contributed by atoms with van der Waals surface area (Å²) in [6.07, 6.45) is 5.25. The fraction of sp³-hybridized carbons (Fsp3) is 0.833. The highest BCUT2D eigenvalue weighted by molar-refractivity contribution is 5.08. The highest BCUT2D eigenvalue weighted by atomic mass is 14.4. The van der Waals surface area contributed by atoms with Gasteiger partial charge >= 0.3 is 0 Å². The van der Waals surface area contributed by atoms with Gasteiger partial charge in [-0.05, 0) is 43.9 Å². The quantitative estimate of drug-likeness (QED) is 0.516. The standard InChI is InChI=1S/C12H22/c1-9(2)7-12(5)8-10(3)6-11(12)4/h7,10-11H,6,8H2,1-5H3. The van der Waals surface area contributed by atoms with E-state index in [0.717, 1.165) is 11.8 Å². The number of hydrogen-bond donors (Lipinski definition) is 0. The summed E-state index contributed by atoms with van der Waals surface area (Å²) < 4.78 is 0. The van der Waals surface area contributed by atoms with Crippen LogP contribution in [0.3, 0.4) is 0 Å². The van der Waals surface area contributed by atoms with E-state index in [2.05, 4.69) is 40.7 Å². The average Bonchev–Trinajstić information content (AvgIpc) is 2.04. The molecule has 0 amide bonds. The van der Waals surface area contributed by atoms with Crippen LogP contribution in [0.5, 0.6) is 0 Å². The lowest BCUT2D eigenvalue weighted by Crippen LogP contribution is -2.16. The zero-order chi connectivity index (χ0) is 9.35. The van der Waals surface area contributed by atoms with E-state index in [-0.39, 0.29) is 0 Å². The van der Waals surface area contributed by atoms with E-state index < -0.39 is 0 Å². The molecule has 0 aromatic carbocycles. The second kappa shape index (κ2) is 3.24. The van der Waals surface area contributed by atoms with Gasteiger partial charge in [-0.3, -0.25) is 0 Å².